The fourth-order valence-electron chi connectivity index (χ4n) is 3.42. The third-order valence-corrected chi connectivity index (χ3v) is 9.20. The Hall–Kier alpha value is -1.43. The number of hydrogen-bond acceptors (Lipinski definition) is 0. The molecule has 3 aromatic rings. The van der Waals surface area contributed by atoms with Gasteiger partial charge in [0.15, 0.2) is 0 Å². The smallest absolute Gasteiger partial charge is 0.0849 e. The van der Waals surface area contributed by atoms with Gasteiger partial charge < -0.3 is 17.0 Å². The lowest BCUT2D eigenvalue weighted by Crippen LogP contribution is -3.00. The van der Waals surface area contributed by atoms with Gasteiger partial charge in [0.2, 0.25) is 0 Å². The van der Waals surface area contributed by atoms with Gasteiger partial charge >= 0.3 is 0 Å². The Morgan fingerprint density at radius 2 is 0.800 bits per heavy atom. The molecule has 0 aromatic heterocycles. The van der Waals surface area contributed by atoms with Crippen molar-refractivity contribution < 1.29 is 17.0 Å². The van der Waals surface area contributed by atoms with E-state index in [1.807, 2.05) is 0 Å². The zero-order valence-corrected chi connectivity index (χ0v) is 17.3. The van der Waals surface area contributed by atoms with Crippen LogP contribution in [0.3, 0.4) is 0 Å². The van der Waals surface area contributed by atoms with Gasteiger partial charge in [-0.05, 0) is 23.6 Å². The van der Waals surface area contributed by atoms with Gasteiger partial charge in [-0.1, -0.05) is 91.0 Å². The lowest BCUT2D eigenvalue weighted by Gasteiger charge is -2.27. The quantitative estimate of drug-likeness (QED) is 0.519. The molecule has 25 heavy (non-hydrogen) atoms. The van der Waals surface area contributed by atoms with Crippen molar-refractivity contribution in [2.45, 2.75) is 25.4 Å². The van der Waals surface area contributed by atoms with E-state index in [1.54, 1.807) is 0 Å². The molecule has 0 unspecified atom stereocenters. The van der Waals surface area contributed by atoms with Gasteiger partial charge in [-0.15, -0.1) is 0 Å². The minimum atomic E-state index is -1.14. The Balaban J connectivity index is 0.00000225. The maximum atomic E-state index is 2.39. The summed E-state index contributed by atoms with van der Waals surface area (Å²) < 4.78 is 0. The second-order valence-electron chi connectivity index (χ2n) is 6.59. The molecule has 0 spiro atoms. The van der Waals surface area contributed by atoms with Crippen molar-refractivity contribution in [2.24, 2.45) is 0 Å². The molecule has 3 aromatic carbocycles. The van der Waals surface area contributed by atoms with Crippen molar-refractivity contribution in [2.75, 3.05) is 6.16 Å². The second kappa shape index (κ2) is 9.90. The minimum Gasteiger partial charge on any atom is -1.00 e. The van der Waals surface area contributed by atoms with E-state index in [0.29, 0.717) is 0 Å². The molecule has 0 heterocycles. The zero-order chi connectivity index (χ0) is 16.7. The highest BCUT2D eigenvalue weighted by atomic mass is 79.9. The third kappa shape index (κ3) is 5.80. The van der Waals surface area contributed by atoms with Gasteiger partial charge in [0.25, 0.3) is 0 Å². The summed E-state index contributed by atoms with van der Waals surface area (Å²) in [4.78, 5) is 0. The van der Waals surface area contributed by atoms with Crippen LogP contribution in [0.2, 0.25) is 0 Å². The predicted octanol–water partition coefficient (Wildman–Crippen LogP) is 3.63. The van der Waals surface area contributed by atoms with E-state index in [9.17, 15) is 0 Å². The number of hydrogen-bond donors (Lipinski definition) is 0. The second-order valence-corrected chi connectivity index (χ2v) is 10.9. The van der Waals surface area contributed by atoms with Gasteiger partial charge in [0.1, 0.15) is 0 Å². The summed E-state index contributed by atoms with van der Waals surface area (Å²) in [7, 11) is -1.14. The van der Waals surface area contributed by atoms with Crippen molar-refractivity contribution in [3.05, 3.63) is 108 Å². The van der Waals surface area contributed by atoms with Gasteiger partial charge in [-0.25, -0.2) is 0 Å². The summed E-state index contributed by atoms with van der Waals surface area (Å²) in [6.07, 6.45) is 4.97. The Kier molecular flexibility index (Phi) is 7.88. The molecule has 130 valence electrons. The first-order valence-electron chi connectivity index (χ1n) is 8.76. The molecule has 0 aliphatic heterocycles. The molecule has 0 radical (unpaired) electrons. The molecule has 0 saturated carbocycles. The van der Waals surface area contributed by atoms with Crippen molar-refractivity contribution in [1.29, 1.82) is 0 Å². The zero-order valence-electron chi connectivity index (χ0n) is 14.8. The van der Waals surface area contributed by atoms with E-state index in [-0.39, 0.29) is 17.0 Å². The summed E-state index contributed by atoms with van der Waals surface area (Å²) in [5.74, 6) is 0. The third-order valence-electron chi connectivity index (χ3n) is 4.75. The monoisotopic (exact) mass is 412 g/mol. The summed E-state index contributed by atoms with van der Waals surface area (Å²) in [5, 5.41) is 0. The fraction of sp³-hybridized carbons (Fsp3) is 0.217. The molecule has 0 aliphatic carbocycles. The Morgan fingerprint density at radius 3 is 1.04 bits per heavy atom. The van der Waals surface area contributed by atoms with Crippen LogP contribution in [0.1, 0.15) is 23.6 Å². The van der Waals surface area contributed by atoms with Crippen LogP contribution in [-0.2, 0) is 18.5 Å². The highest BCUT2D eigenvalue weighted by Crippen LogP contribution is 2.66. The maximum Gasteiger partial charge on any atom is 0.0849 e. The van der Waals surface area contributed by atoms with Gasteiger partial charge in [0.05, 0.1) is 24.6 Å². The van der Waals surface area contributed by atoms with Crippen LogP contribution in [0.5, 0.6) is 0 Å². The van der Waals surface area contributed by atoms with Gasteiger partial charge in [-0.2, -0.15) is 0 Å². The summed E-state index contributed by atoms with van der Waals surface area (Å²) >= 11 is 0. The van der Waals surface area contributed by atoms with Crippen molar-refractivity contribution >= 4 is 7.26 Å². The van der Waals surface area contributed by atoms with E-state index in [4.69, 9.17) is 0 Å². The highest BCUT2D eigenvalue weighted by Gasteiger charge is 2.36. The van der Waals surface area contributed by atoms with Crippen LogP contribution >= 0.6 is 7.26 Å². The molecule has 0 aliphatic rings. The van der Waals surface area contributed by atoms with E-state index in [0.717, 1.165) is 0 Å². The lowest BCUT2D eigenvalue weighted by atomic mass is 10.2. The lowest BCUT2D eigenvalue weighted by molar-refractivity contribution is -0.00000506. The van der Waals surface area contributed by atoms with Crippen LogP contribution in [0.15, 0.2) is 91.0 Å². The van der Waals surface area contributed by atoms with E-state index >= 15 is 0 Å². The molecule has 3 rings (SSSR count). The van der Waals surface area contributed by atoms with E-state index in [2.05, 4.69) is 97.9 Å². The van der Waals surface area contributed by atoms with Crippen LogP contribution in [0.4, 0.5) is 0 Å². The van der Waals surface area contributed by atoms with E-state index < -0.39 is 7.26 Å². The van der Waals surface area contributed by atoms with E-state index in [1.165, 1.54) is 41.3 Å². The SMILES string of the molecule is CC[P+](Cc1ccccc1)(Cc1ccccc1)Cc1ccccc1.[Br-]. The number of rotatable bonds is 7. The summed E-state index contributed by atoms with van der Waals surface area (Å²) in [6.45, 7) is 2.39. The fourth-order valence-corrected chi connectivity index (χ4v) is 7.38. The topological polar surface area (TPSA) is 0 Å². The largest absolute Gasteiger partial charge is 1.00 e. The van der Waals surface area contributed by atoms with Crippen LogP contribution in [-0.4, -0.2) is 6.16 Å². The van der Waals surface area contributed by atoms with Crippen LogP contribution in [0.25, 0.3) is 0 Å². The average Bonchev–Trinajstić information content (AvgIpc) is 2.64. The average molecular weight is 413 g/mol. The molecular weight excluding hydrogens is 387 g/mol. The molecule has 0 saturated heterocycles. The molecule has 0 nitrogen and oxygen atoms in total. The summed E-state index contributed by atoms with van der Waals surface area (Å²) in [6, 6.07) is 33.1. The maximum absolute atomic E-state index is 2.39. The van der Waals surface area contributed by atoms with Crippen LogP contribution in [0, 0.1) is 0 Å². The molecule has 2 heteroatoms. The Bertz CT molecular complexity index is 624. The first-order chi connectivity index (χ1) is 11.8. The van der Waals surface area contributed by atoms with Gasteiger partial charge in [0, 0.05) is 7.26 Å². The Morgan fingerprint density at radius 1 is 0.520 bits per heavy atom. The molecule has 0 amide bonds. The Labute approximate surface area is 163 Å². The van der Waals surface area contributed by atoms with Crippen LogP contribution < -0.4 is 17.0 Å². The molecule has 0 fully saturated rings. The molecule has 0 atom stereocenters. The molecule has 0 N–H and O–H groups in total. The number of halogens is 1. The normalized spacial score (nSPS) is 10.9. The first-order valence-corrected chi connectivity index (χ1v) is 11.3. The predicted molar refractivity (Wildman–Crippen MR) is 108 cm³/mol. The molecule has 0 bridgehead atoms. The standard InChI is InChI=1S/C23H26P.BrH/c1-2-24(18-21-12-6-3-7-13-21,19-22-14-8-4-9-15-22)20-23-16-10-5-11-17-23;/h3-17H,2,18-20H2,1H3;1H/q+1;/p-1. The number of benzene rings is 3. The first kappa shape index (κ1) is 19.9. The minimum absolute atomic E-state index is 0. The van der Waals surface area contributed by atoms with Crippen molar-refractivity contribution in [3.8, 4) is 0 Å². The molecular formula is C23H26BrP. The van der Waals surface area contributed by atoms with Crippen molar-refractivity contribution in [3.63, 3.8) is 0 Å². The van der Waals surface area contributed by atoms with Crippen molar-refractivity contribution in [1.82, 2.24) is 0 Å². The van der Waals surface area contributed by atoms with Gasteiger partial charge in [-0.3, -0.25) is 0 Å². The highest BCUT2D eigenvalue weighted by molar-refractivity contribution is 7.73. The summed E-state index contributed by atoms with van der Waals surface area (Å²) in [5.41, 5.74) is 4.46.